The van der Waals surface area contributed by atoms with E-state index in [1.807, 2.05) is 0 Å². The standard InChI is InChI=1S/C15H13F3N2OS/c1-20(2)8-7-13(21)12-9-22-14(19-12)10-3-5-11(6-4-10)15(16,17)18/h3-9H,1-2H3/b8-7+. The van der Waals surface area contributed by atoms with E-state index in [-0.39, 0.29) is 11.5 Å². The Kier molecular flexibility index (Phi) is 4.65. The molecule has 0 fully saturated rings. The maximum atomic E-state index is 12.5. The molecule has 0 atom stereocenters. The second kappa shape index (κ2) is 6.31. The summed E-state index contributed by atoms with van der Waals surface area (Å²) in [6.45, 7) is 0. The highest BCUT2D eigenvalue weighted by Gasteiger charge is 2.30. The lowest BCUT2D eigenvalue weighted by molar-refractivity contribution is -0.137. The van der Waals surface area contributed by atoms with E-state index in [1.54, 1.807) is 30.6 Å². The summed E-state index contributed by atoms with van der Waals surface area (Å²) in [4.78, 5) is 17.8. The van der Waals surface area contributed by atoms with Crippen LogP contribution in [0, 0.1) is 0 Å². The number of carbonyl (C=O) groups is 1. The summed E-state index contributed by atoms with van der Waals surface area (Å²) in [6, 6.07) is 4.71. The van der Waals surface area contributed by atoms with E-state index in [1.165, 1.54) is 29.5 Å². The van der Waals surface area contributed by atoms with Crippen molar-refractivity contribution >= 4 is 17.1 Å². The van der Waals surface area contributed by atoms with E-state index >= 15 is 0 Å². The Bertz CT molecular complexity index is 688. The minimum Gasteiger partial charge on any atom is -0.383 e. The van der Waals surface area contributed by atoms with Crippen LogP contribution in [0.5, 0.6) is 0 Å². The van der Waals surface area contributed by atoms with Crippen molar-refractivity contribution in [3.63, 3.8) is 0 Å². The molecule has 116 valence electrons. The average Bonchev–Trinajstić information content (AvgIpc) is 2.93. The van der Waals surface area contributed by atoms with Crippen LogP contribution in [0.15, 0.2) is 41.9 Å². The Labute approximate surface area is 129 Å². The number of aromatic nitrogens is 1. The van der Waals surface area contributed by atoms with Gasteiger partial charge in [0.25, 0.3) is 0 Å². The number of thiazole rings is 1. The van der Waals surface area contributed by atoms with Gasteiger partial charge in [-0.3, -0.25) is 4.79 Å². The minimum absolute atomic E-state index is 0.247. The van der Waals surface area contributed by atoms with Crippen LogP contribution in [-0.2, 0) is 6.18 Å². The van der Waals surface area contributed by atoms with E-state index in [2.05, 4.69) is 4.98 Å². The van der Waals surface area contributed by atoms with Crippen LogP contribution >= 0.6 is 11.3 Å². The lowest BCUT2D eigenvalue weighted by Gasteiger charge is -2.06. The molecular weight excluding hydrogens is 313 g/mol. The van der Waals surface area contributed by atoms with Crippen molar-refractivity contribution in [3.05, 3.63) is 53.2 Å². The molecule has 0 saturated carbocycles. The molecule has 0 N–H and O–H groups in total. The monoisotopic (exact) mass is 326 g/mol. The SMILES string of the molecule is CN(C)/C=C/C(=O)c1csc(-c2ccc(C(F)(F)F)cc2)n1. The Morgan fingerprint density at radius 1 is 1.23 bits per heavy atom. The molecule has 0 unspecified atom stereocenters. The zero-order valence-electron chi connectivity index (χ0n) is 11.9. The molecule has 1 aromatic heterocycles. The molecule has 22 heavy (non-hydrogen) atoms. The molecule has 0 spiro atoms. The lowest BCUT2D eigenvalue weighted by atomic mass is 10.1. The molecule has 0 aliphatic carbocycles. The van der Waals surface area contributed by atoms with Crippen molar-refractivity contribution in [2.45, 2.75) is 6.18 Å². The number of hydrogen-bond donors (Lipinski definition) is 0. The maximum Gasteiger partial charge on any atom is 0.416 e. The summed E-state index contributed by atoms with van der Waals surface area (Å²) < 4.78 is 37.5. The number of ketones is 1. The van der Waals surface area contributed by atoms with Crippen molar-refractivity contribution in [1.82, 2.24) is 9.88 Å². The predicted octanol–water partition coefficient (Wildman–Crippen LogP) is 4.09. The van der Waals surface area contributed by atoms with Gasteiger partial charge in [0.2, 0.25) is 5.78 Å². The number of carbonyl (C=O) groups excluding carboxylic acids is 1. The van der Waals surface area contributed by atoms with Gasteiger partial charge in [-0.15, -0.1) is 11.3 Å². The minimum atomic E-state index is -4.36. The summed E-state index contributed by atoms with van der Waals surface area (Å²) in [5.74, 6) is -0.247. The summed E-state index contributed by atoms with van der Waals surface area (Å²) in [5, 5.41) is 2.10. The predicted molar refractivity (Wildman–Crippen MR) is 79.7 cm³/mol. The zero-order chi connectivity index (χ0) is 16.3. The van der Waals surface area contributed by atoms with Gasteiger partial charge in [0.1, 0.15) is 10.7 Å². The highest BCUT2D eigenvalue weighted by Crippen LogP contribution is 2.31. The molecule has 0 amide bonds. The normalized spacial score (nSPS) is 11.9. The first-order valence-corrected chi connectivity index (χ1v) is 7.17. The quantitative estimate of drug-likeness (QED) is 0.627. The van der Waals surface area contributed by atoms with Gasteiger partial charge in [0.05, 0.1) is 5.56 Å². The van der Waals surface area contributed by atoms with Crippen LogP contribution in [0.4, 0.5) is 13.2 Å². The van der Waals surface area contributed by atoms with Crippen molar-refractivity contribution in [1.29, 1.82) is 0 Å². The van der Waals surface area contributed by atoms with Gasteiger partial charge < -0.3 is 4.90 Å². The molecule has 0 radical (unpaired) electrons. The molecule has 0 bridgehead atoms. The Morgan fingerprint density at radius 3 is 2.41 bits per heavy atom. The summed E-state index contributed by atoms with van der Waals surface area (Å²) >= 11 is 1.22. The molecule has 0 aliphatic rings. The summed E-state index contributed by atoms with van der Waals surface area (Å²) in [5.41, 5.74) is 0.115. The van der Waals surface area contributed by atoms with Gasteiger partial charge in [-0.2, -0.15) is 13.2 Å². The fraction of sp³-hybridized carbons (Fsp3) is 0.200. The number of alkyl halides is 3. The highest BCUT2D eigenvalue weighted by atomic mass is 32.1. The van der Waals surface area contributed by atoms with Gasteiger partial charge in [0, 0.05) is 37.3 Å². The number of rotatable bonds is 4. The van der Waals surface area contributed by atoms with Gasteiger partial charge in [-0.25, -0.2) is 4.98 Å². The molecule has 0 aliphatic heterocycles. The Hall–Kier alpha value is -2.15. The van der Waals surface area contributed by atoms with Crippen molar-refractivity contribution < 1.29 is 18.0 Å². The van der Waals surface area contributed by atoms with Crippen LogP contribution in [0.2, 0.25) is 0 Å². The van der Waals surface area contributed by atoms with E-state index in [0.29, 0.717) is 10.6 Å². The number of nitrogens with zero attached hydrogens (tertiary/aromatic N) is 2. The second-order valence-corrected chi connectivity index (χ2v) is 5.61. The maximum absolute atomic E-state index is 12.5. The van der Waals surface area contributed by atoms with Crippen LogP contribution in [-0.4, -0.2) is 29.8 Å². The third-order valence-electron chi connectivity index (χ3n) is 2.74. The first-order valence-electron chi connectivity index (χ1n) is 6.29. The van der Waals surface area contributed by atoms with E-state index in [0.717, 1.165) is 12.1 Å². The number of benzene rings is 1. The first kappa shape index (κ1) is 16.2. The largest absolute Gasteiger partial charge is 0.416 e. The Balaban J connectivity index is 2.19. The van der Waals surface area contributed by atoms with Gasteiger partial charge in [0.15, 0.2) is 0 Å². The van der Waals surface area contributed by atoms with Crippen LogP contribution < -0.4 is 0 Å². The molecule has 2 aromatic rings. The molecule has 7 heteroatoms. The summed E-state index contributed by atoms with van der Waals surface area (Å²) in [6.07, 6.45) is -1.36. The lowest BCUT2D eigenvalue weighted by Crippen LogP contribution is -2.04. The summed E-state index contributed by atoms with van der Waals surface area (Å²) in [7, 11) is 3.58. The fourth-order valence-electron chi connectivity index (χ4n) is 1.62. The number of allylic oxidation sites excluding steroid dienone is 1. The van der Waals surface area contributed by atoms with Gasteiger partial charge in [-0.05, 0) is 12.1 Å². The smallest absolute Gasteiger partial charge is 0.383 e. The third kappa shape index (κ3) is 3.94. The number of hydrogen-bond acceptors (Lipinski definition) is 4. The third-order valence-corrected chi connectivity index (χ3v) is 3.63. The van der Waals surface area contributed by atoms with Crippen LogP contribution in [0.1, 0.15) is 16.1 Å². The molecule has 0 saturated heterocycles. The van der Waals surface area contributed by atoms with E-state index < -0.39 is 11.7 Å². The Morgan fingerprint density at radius 2 is 1.86 bits per heavy atom. The van der Waals surface area contributed by atoms with Gasteiger partial charge in [-0.1, -0.05) is 12.1 Å². The van der Waals surface area contributed by atoms with Crippen molar-refractivity contribution in [3.8, 4) is 10.6 Å². The average molecular weight is 326 g/mol. The van der Waals surface area contributed by atoms with Crippen LogP contribution in [0.25, 0.3) is 10.6 Å². The van der Waals surface area contributed by atoms with Crippen molar-refractivity contribution in [2.24, 2.45) is 0 Å². The molecule has 3 nitrogen and oxygen atoms in total. The van der Waals surface area contributed by atoms with Crippen LogP contribution in [0.3, 0.4) is 0 Å². The number of halogens is 3. The van der Waals surface area contributed by atoms with E-state index in [4.69, 9.17) is 0 Å². The topological polar surface area (TPSA) is 33.2 Å². The zero-order valence-corrected chi connectivity index (χ0v) is 12.7. The molecule has 1 heterocycles. The molecule has 2 rings (SSSR count). The van der Waals surface area contributed by atoms with E-state index in [9.17, 15) is 18.0 Å². The second-order valence-electron chi connectivity index (χ2n) is 4.76. The molecule has 1 aromatic carbocycles. The van der Waals surface area contributed by atoms with Gasteiger partial charge >= 0.3 is 6.18 Å². The molecular formula is C15H13F3N2OS. The fourth-order valence-corrected chi connectivity index (χ4v) is 2.44. The van der Waals surface area contributed by atoms with Crippen molar-refractivity contribution in [2.75, 3.05) is 14.1 Å². The first-order chi connectivity index (χ1) is 10.3. The highest BCUT2D eigenvalue weighted by molar-refractivity contribution is 7.13.